The Morgan fingerprint density at radius 1 is 0.825 bits per heavy atom. The van der Waals surface area contributed by atoms with Crippen LogP contribution in [-0.4, -0.2) is 34.4 Å². The molecule has 1 unspecified atom stereocenters. The normalized spacial score (nSPS) is 14.1. The van der Waals surface area contributed by atoms with Crippen LogP contribution in [-0.2, 0) is 4.79 Å². The average molecular weight is 532 g/mol. The van der Waals surface area contributed by atoms with Gasteiger partial charge in [-0.3, -0.25) is 14.5 Å². The van der Waals surface area contributed by atoms with Crippen LogP contribution < -0.4 is 4.90 Å². The summed E-state index contributed by atoms with van der Waals surface area (Å²) in [7, 11) is 0. The number of carbonyl (C=O) groups is 2. The Balaban J connectivity index is 1.38. The molecule has 0 aliphatic carbocycles. The van der Waals surface area contributed by atoms with Gasteiger partial charge in [-0.05, 0) is 71.3 Å². The van der Waals surface area contributed by atoms with Gasteiger partial charge < -0.3 is 9.47 Å². The largest absolute Gasteiger partial charge is 0.329 e. The van der Waals surface area contributed by atoms with Gasteiger partial charge in [0.15, 0.2) is 0 Å². The number of hydrogen-bond donors (Lipinski definition) is 0. The Labute approximate surface area is 233 Å². The van der Waals surface area contributed by atoms with E-state index in [-0.39, 0.29) is 24.2 Å². The SMILES string of the molecule is CCCCN(CC(=O)N1c2ccccc2-n2cccc2C1c1ccc(F)cc1)C(=O)c1ccc2ccccc2c1. The zero-order chi connectivity index (χ0) is 27.6. The minimum Gasteiger partial charge on any atom is -0.329 e. The lowest BCUT2D eigenvalue weighted by molar-refractivity contribution is -0.119. The molecule has 0 fully saturated rings. The Morgan fingerprint density at radius 2 is 1.55 bits per heavy atom. The molecule has 200 valence electrons. The fraction of sp³-hybridized carbons (Fsp3) is 0.176. The first kappa shape index (κ1) is 25.6. The first-order valence-electron chi connectivity index (χ1n) is 13.7. The third kappa shape index (κ3) is 4.66. The van der Waals surface area contributed by atoms with Crippen molar-refractivity contribution in [2.45, 2.75) is 25.8 Å². The van der Waals surface area contributed by atoms with E-state index in [9.17, 15) is 14.0 Å². The van der Waals surface area contributed by atoms with Crippen LogP contribution in [0.2, 0.25) is 0 Å². The molecular weight excluding hydrogens is 501 g/mol. The summed E-state index contributed by atoms with van der Waals surface area (Å²) in [5, 5.41) is 2.04. The van der Waals surface area contributed by atoms with Crippen molar-refractivity contribution in [2.75, 3.05) is 18.0 Å². The number of benzene rings is 4. The molecule has 2 heterocycles. The number of amides is 2. The minimum absolute atomic E-state index is 0.0710. The maximum absolute atomic E-state index is 14.3. The average Bonchev–Trinajstić information content (AvgIpc) is 3.48. The molecule has 0 radical (unpaired) electrons. The number of nitrogens with zero attached hydrogens (tertiary/aromatic N) is 3. The maximum atomic E-state index is 14.3. The summed E-state index contributed by atoms with van der Waals surface area (Å²) in [4.78, 5) is 31.6. The second kappa shape index (κ2) is 10.8. The van der Waals surface area contributed by atoms with Crippen molar-refractivity contribution in [3.8, 4) is 5.69 Å². The van der Waals surface area contributed by atoms with Gasteiger partial charge in [-0.15, -0.1) is 0 Å². The molecule has 2 amide bonds. The second-order valence-electron chi connectivity index (χ2n) is 10.2. The van der Waals surface area contributed by atoms with Crippen molar-refractivity contribution in [3.05, 3.63) is 132 Å². The van der Waals surface area contributed by atoms with E-state index in [2.05, 4.69) is 11.5 Å². The van der Waals surface area contributed by atoms with Gasteiger partial charge in [-0.25, -0.2) is 4.39 Å². The van der Waals surface area contributed by atoms with Crippen molar-refractivity contribution in [2.24, 2.45) is 0 Å². The van der Waals surface area contributed by atoms with Gasteiger partial charge in [-0.1, -0.05) is 67.9 Å². The van der Waals surface area contributed by atoms with Gasteiger partial charge in [0, 0.05) is 18.3 Å². The predicted octanol–water partition coefficient (Wildman–Crippen LogP) is 7.15. The molecule has 5 nitrogen and oxygen atoms in total. The van der Waals surface area contributed by atoms with E-state index in [4.69, 9.17) is 0 Å². The Hall–Kier alpha value is -4.71. The van der Waals surface area contributed by atoms with Crippen LogP contribution in [0.5, 0.6) is 0 Å². The van der Waals surface area contributed by atoms with Crippen molar-refractivity contribution in [3.63, 3.8) is 0 Å². The van der Waals surface area contributed by atoms with E-state index in [0.717, 1.165) is 46.2 Å². The van der Waals surface area contributed by atoms with Crippen LogP contribution >= 0.6 is 0 Å². The van der Waals surface area contributed by atoms with E-state index in [1.54, 1.807) is 21.9 Å². The highest BCUT2D eigenvalue weighted by Gasteiger charge is 2.37. The minimum atomic E-state index is -0.471. The molecule has 5 aromatic rings. The van der Waals surface area contributed by atoms with Crippen LogP contribution in [0.1, 0.15) is 47.4 Å². The van der Waals surface area contributed by atoms with Gasteiger partial charge in [-0.2, -0.15) is 0 Å². The molecule has 1 aromatic heterocycles. The summed E-state index contributed by atoms with van der Waals surface area (Å²) >= 11 is 0. The van der Waals surface area contributed by atoms with Gasteiger partial charge in [0.1, 0.15) is 18.4 Å². The summed E-state index contributed by atoms with van der Waals surface area (Å²) in [6.45, 7) is 2.47. The van der Waals surface area contributed by atoms with Gasteiger partial charge in [0.2, 0.25) is 5.91 Å². The van der Waals surface area contributed by atoms with Gasteiger partial charge in [0.25, 0.3) is 5.91 Å². The lowest BCUT2D eigenvalue weighted by atomic mass is 9.97. The Bertz CT molecular complexity index is 1690. The lowest BCUT2D eigenvalue weighted by Gasteiger charge is -2.39. The molecule has 6 rings (SSSR count). The maximum Gasteiger partial charge on any atom is 0.254 e. The molecule has 1 atom stereocenters. The molecule has 40 heavy (non-hydrogen) atoms. The Kier molecular flexibility index (Phi) is 6.91. The van der Waals surface area contributed by atoms with Gasteiger partial charge in [0.05, 0.1) is 17.1 Å². The highest BCUT2D eigenvalue weighted by molar-refractivity contribution is 6.04. The smallest absolute Gasteiger partial charge is 0.254 e. The topological polar surface area (TPSA) is 45.6 Å². The monoisotopic (exact) mass is 531 g/mol. The highest BCUT2D eigenvalue weighted by atomic mass is 19.1. The molecule has 0 saturated carbocycles. The third-order valence-corrected chi connectivity index (χ3v) is 7.57. The molecule has 0 bridgehead atoms. The van der Waals surface area contributed by atoms with Crippen LogP contribution in [0.25, 0.3) is 16.5 Å². The van der Waals surface area contributed by atoms with E-state index >= 15 is 0 Å². The number of rotatable bonds is 7. The zero-order valence-corrected chi connectivity index (χ0v) is 22.3. The number of halogens is 1. The fourth-order valence-electron chi connectivity index (χ4n) is 5.57. The van der Waals surface area contributed by atoms with Crippen LogP contribution in [0, 0.1) is 5.82 Å². The summed E-state index contributed by atoms with van der Waals surface area (Å²) in [6, 6.07) is 31.1. The quantitative estimate of drug-likeness (QED) is 0.224. The molecule has 0 N–H and O–H groups in total. The molecule has 6 heteroatoms. The fourth-order valence-corrected chi connectivity index (χ4v) is 5.57. The van der Waals surface area contributed by atoms with Crippen molar-refractivity contribution in [1.82, 2.24) is 9.47 Å². The number of unbranched alkanes of at least 4 members (excludes halogenated alkanes) is 1. The predicted molar refractivity (Wildman–Crippen MR) is 156 cm³/mol. The molecule has 1 aliphatic rings. The standard InChI is InChI=1S/C34H30FN3O2/c1-2-3-20-36(34(40)27-15-14-24-9-4-5-10-26(24)22-27)23-32(39)38-30-12-7-6-11-29(30)37-21-8-13-31(37)33(38)25-16-18-28(35)19-17-25/h4-19,21-22,33H,2-3,20,23H2,1H3. The molecule has 0 spiro atoms. The number of hydrogen-bond acceptors (Lipinski definition) is 2. The van der Waals surface area contributed by atoms with Gasteiger partial charge >= 0.3 is 0 Å². The van der Waals surface area contributed by atoms with Crippen molar-refractivity contribution in [1.29, 1.82) is 0 Å². The number of aromatic nitrogens is 1. The zero-order valence-electron chi connectivity index (χ0n) is 22.3. The first-order chi connectivity index (χ1) is 19.5. The molecule has 4 aromatic carbocycles. The summed E-state index contributed by atoms with van der Waals surface area (Å²) in [5.41, 5.74) is 3.89. The third-order valence-electron chi connectivity index (χ3n) is 7.57. The van der Waals surface area contributed by atoms with Crippen LogP contribution in [0.3, 0.4) is 0 Å². The highest BCUT2D eigenvalue weighted by Crippen LogP contribution is 2.42. The second-order valence-corrected chi connectivity index (χ2v) is 10.2. The number of anilines is 1. The van der Waals surface area contributed by atoms with E-state index < -0.39 is 6.04 Å². The van der Waals surface area contributed by atoms with Crippen molar-refractivity contribution >= 4 is 28.3 Å². The molecule has 0 saturated heterocycles. The summed E-state index contributed by atoms with van der Waals surface area (Å²) in [5.74, 6) is -0.695. The van der Waals surface area contributed by atoms with E-state index in [0.29, 0.717) is 12.1 Å². The number of carbonyl (C=O) groups excluding carboxylic acids is 2. The Morgan fingerprint density at radius 3 is 2.33 bits per heavy atom. The summed E-state index contributed by atoms with van der Waals surface area (Å²) < 4.78 is 16.0. The number of para-hydroxylation sites is 2. The van der Waals surface area contributed by atoms with Crippen LogP contribution in [0.15, 0.2) is 109 Å². The summed E-state index contributed by atoms with van der Waals surface area (Å²) in [6.07, 6.45) is 3.66. The first-order valence-corrected chi connectivity index (χ1v) is 13.7. The lowest BCUT2D eigenvalue weighted by Crippen LogP contribution is -2.47. The van der Waals surface area contributed by atoms with Crippen molar-refractivity contribution < 1.29 is 14.0 Å². The number of fused-ring (bicyclic) bond motifs is 4. The van der Waals surface area contributed by atoms with Crippen LogP contribution in [0.4, 0.5) is 10.1 Å². The molecular formula is C34H30FN3O2. The van der Waals surface area contributed by atoms with E-state index in [1.807, 2.05) is 85.1 Å². The van der Waals surface area contributed by atoms with E-state index in [1.165, 1.54) is 12.1 Å². The molecule has 1 aliphatic heterocycles.